The Morgan fingerprint density at radius 1 is 1.37 bits per heavy atom. The van der Waals surface area contributed by atoms with Crippen molar-refractivity contribution < 1.29 is 9.53 Å². The predicted molar refractivity (Wildman–Crippen MR) is 74.7 cm³/mol. The second kappa shape index (κ2) is 8.28. The minimum Gasteiger partial charge on any atom is -0.381 e. The van der Waals surface area contributed by atoms with Crippen LogP contribution in [-0.2, 0) is 9.53 Å². The molecule has 19 heavy (non-hydrogen) atoms. The highest BCUT2D eigenvalue weighted by Crippen LogP contribution is 2.13. The molecule has 1 rings (SSSR count). The van der Waals surface area contributed by atoms with Gasteiger partial charge in [0.1, 0.15) is 6.07 Å². The van der Waals surface area contributed by atoms with E-state index in [4.69, 9.17) is 10.00 Å². The maximum atomic E-state index is 11.7. The van der Waals surface area contributed by atoms with Crippen LogP contribution < -0.4 is 5.32 Å². The molecule has 4 nitrogen and oxygen atoms in total. The van der Waals surface area contributed by atoms with Crippen molar-refractivity contribution in [1.82, 2.24) is 0 Å². The van der Waals surface area contributed by atoms with Crippen LogP contribution in [0.4, 0.5) is 5.69 Å². The van der Waals surface area contributed by atoms with Crippen molar-refractivity contribution in [3.05, 3.63) is 29.8 Å². The predicted octanol–water partition coefficient (Wildman–Crippen LogP) is 2.95. The van der Waals surface area contributed by atoms with Crippen molar-refractivity contribution in [3.63, 3.8) is 0 Å². The molecule has 0 aliphatic carbocycles. The molecular weight excluding hydrogens is 240 g/mol. The topological polar surface area (TPSA) is 62.1 Å². The van der Waals surface area contributed by atoms with E-state index in [2.05, 4.69) is 19.2 Å². The van der Waals surface area contributed by atoms with E-state index in [1.54, 1.807) is 24.3 Å². The molecule has 0 spiro atoms. The maximum absolute atomic E-state index is 11.7. The van der Waals surface area contributed by atoms with Crippen LogP contribution >= 0.6 is 0 Å². The Morgan fingerprint density at radius 3 is 2.79 bits per heavy atom. The van der Waals surface area contributed by atoms with Gasteiger partial charge in [-0.25, -0.2) is 0 Å². The van der Waals surface area contributed by atoms with Crippen molar-refractivity contribution >= 4 is 11.6 Å². The molecule has 1 aromatic carbocycles. The molecule has 0 saturated heterocycles. The fourth-order valence-corrected chi connectivity index (χ4v) is 1.49. The summed E-state index contributed by atoms with van der Waals surface area (Å²) in [5.41, 5.74) is 1.02. The summed E-state index contributed by atoms with van der Waals surface area (Å²) in [4.78, 5) is 11.7. The minimum atomic E-state index is -0.132. The summed E-state index contributed by atoms with van der Waals surface area (Å²) in [5, 5.41) is 11.6. The SMILES string of the molecule is CC(C)CCOCCC(=O)Nc1ccccc1C#N. The van der Waals surface area contributed by atoms with Crippen molar-refractivity contribution in [3.8, 4) is 6.07 Å². The third-order valence-electron chi connectivity index (χ3n) is 2.63. The molecule has 0 fully saturated rings. The van der Waals surface area contributed by atoms with Gasteiger partial charge in [0.15, 0.2) is 0 Å². The van der Waals surface area contributed by atoms with Gasteiger partial charge in [-0.3, -0.25) is 4.79 Å². The molecule has 0 heterocycles. The summed E-state index contributed by atoms with van der Waals surface area (Å²) < 4.78 is 5.38. The van der Waals surface area contributed by atoms with Gasteiger partial charge in [-0.05, 0) is 24.5 Å². The first-order valence-electron chi connectivity index (χ1n) is 6.50. The van der Waals surface area contributed by atoms with Crippen LogP contribution in [0.3, 0.4) is 0 Å². The van der Waals surface area contributed by atoms with E-state index in [1.165, 1.54) is 0 Å². The Morgan fingerprint density at radius 2 is 2.11 bits per heavy atom. The number of hydrogen-bond donors (Lipinski definition) is 1. The highest BCUT2D eigenvalue weighted by molar-refractivity contribution is 5.92. The second-order valence-electron chi connectivity index (χ2n) is 4.75. The number of nitrogens with zero attached hydrogens (tertiary/aromatic N) is 1. The molecule has 0 radical (unpaired) electrons. The van der Waals surface area contributed by atoms with E-state index in [0.29, 0.717) is 36.8 Å². The van der Waals surface area contributed by atoms with Crippen LogP contribution in [0.2, 0.25) is 0 Å². The molecule has 0 bridgehead atoms. The number of benzene rings is 1. The Hall–Kier alpha value is -1.86. The molecule has 4 heteroatoms. The average Bonchev–Trinajstić information content (AvgIpc) is 2.38. The molecule has 1 N–H and O–H groups in total. The fraction of sp³-hybridized carbons (Fsp3) is 0.467. The number of carbonyl (C=O) groups excluding carboxylic acids is 1. The number of hydrogen-bond acceptors (Lipinski definition) is 3. The molecule has 1 amide bonds. The van der Waals surface area contributed by atoms with Gasteiger partial charge in [0.05, 0.1) is 24.3 Å². The molecule has 0 aromatic heterocycles. The van der Waals surface area contributed by atoms with E-state index in [0.717, 1.165) is 6.42 Å². The summed E-state index contributed by atoms with van der Waals surface area (Å²) in [7, 11) is 0. The first kappa shape index (κ1) is 15.2. The zero-order valence-electron chi connectivity index (χ0n) is 11.5. The molecule has 0 saturated carbocycles. The quantitative estimate of drug-likeness (QED) is 0.767. The normalized spacial score (nSPS) is 10.2. The van der Waals surface area contributed by atoms with Gasteiger partial charge in [-0.1, -0.05) is 26.0 Å². The van der Waals surface area contributed by atoms with Gasteiger partial charge in [-0.15, -0.1) is 0 Å². The highest BCUT2D eigenvalue weighted by atomic mass is 16.5. The van der Waals surface area contributed by atoms with Crippen LogP contribution in [0.15, 0.2) is 24.3 Å². The van der Waals surface area contributed by atoms with Gasteiger partial charge >= 0.3 is 0 Å². The Bertz CT molecular complexity index is 450. The molecule has 0 unspecified atom stereocenters. The molecule has 102 valence electrons. The molecular formula is C15H20N2O2. The summed E-state index contributed by atoms with van der Waals surface area (Å²) in [6, 6.07) is 8.99. The summed E-state index contributed by atoms with van der Waals surface area (Å²) in [6.07, 6.45) is 1.30. The average molecular weight is 260 g/mol. The smallest absolute Gasteiger partial charge is 0.226 e. The third-order valence-corrected chi connectivity index (χ3v) is 2.63. The van der Waals surface area contributed by atoms with Crippen LogP contribution in [0, 0.1) is 17.2 Å². The third kappa shape index (κ3) is 6.03. The maximum Gasteiger partial charge on any atom is 0.226 e. The zero-order chi connectivity index (χ0) is 14.1. The lowest BCUT2D eigenvalue weighted by Gasteiger charge is -2.08. The van der Waals surface area contributed by atoms with Crippen molar-refractivity contribution in [2.24, 2.45) is 5.92 Å². The second-order valence-corrected chi connectivity index (χ2v) is 4.75. The van der Waals surface area contributed by atoms with Gasteiger partial charge in [0.2, 0.25) is 5.91 Å². The number of nitrogens with one attached hydrogen (secondary N) is 1. The van der Waals surface area contributed by atoms with E-state index >= 15 is 0 Å². The number of para-hydroxylation sites is 1. The lowest BCUT2D eigenvalue weighted by molar-refractivity contribution is -0.117. The van der Waals surface area contributed by atoms with E-state index in [1.807, 2.05) is 6.07 Å². The van der Waals surface area contributed by atoms with Gasteiger partial charge < -0.3 is 10.1 Å². The first-order chi connectivity index (χ1) is 9.13. The van der Waals surface area contributed by atoms with Crippen molar-refractivity contribution in [1.29, 1.82) is 5.26 Å². The number of ether oxygens (including phenoxy) is 1. The Labute approximate surface area is 114 Å². The molecule has 0 atom stereocenters. The zero-order valence-corrected chi connectivity index (χ0v) is 11.5. The number of anilines is 1. The Balaban J connectivity index is 2.30. The minimum absolute atomic E-state index is 0.132. The number of carbonyl (C=O) groups is 1. The monoisotopic (exact) mass is 260 g/mol. The summed E-state index contributed by atoms with van der Waals surface area (Å²) >= 11 is 0. The fourth-order valence-electron chi connectivity index (χ4n) is 1.49. The van der Waals surface area contributed by atoms with Crippen LogP contribution in [0.25, 0.3) is 0 Å². The van der Waals surface area contributed by atoms with Crippen molar-refractivity contribution in [2.75, 3.05) is 18.5 Å². The van der Waals surface area contributed by atoms with E-state index in [9.17, 15) is 4.79 Å². The highest BCUT2D eigenvalue weighted by Gasteiger charge is 2.06. The van der Waals surface area contributed by atoms with Gasteiger partial charge in [0.25, 0.3) is 0 Å². The lowest BCUT2D eigenvalue weighted by Crippen LogP contribution is -2.15. The number of rotatable bonds is 7. The Kier molecular flexibility index (Phi) is 6.62. The van der Waals surface area contributed by atoms with Crippen molar-refractivity contribution in [2.45, 2.75) is 26.7 Å². The molecule has 0 aliphatic heterocycles. The summed E-state index contributed by atoms with van der Waals surface area (Å²) in [6.45, 7) is 5.36. The van der Waals surface area contributed by atoms with Crippen LogP contribution in [0.5, 0.6) is 0 Å². The number of amides is 1. The van der Waals surface area contributed by atoms with Crippen LogP contribution in [0.1, 0.15) is 32.3 Å². The van der Waals surface area contributed by atoms with Crippen LogP contribution in [-0.4, -0.2) is 19.1 Å². The van der Waals surface area contributed by atoms with Gasteiger partial charge in [-0.2, -0.15) is 5.26 Å². The molecule has 0 aliphatic rings. The largest absolute Gasteiger partial charge is 0.381 e. The first-order valence-corrected chi connectivity index (χ1v) is 6.50. The molecule has 1 aromatic rings. The standard InChI is InChI=1S/C15H20N2O2/c1-12(2)7-9-19-10-8-15(18)17-14-6-4-3-5-13(14)11-16/h3-6,12H,7-10H2,1-2H3,(H,17,18). The summed E-state index contributed by atoms with van der Waals surface area (Å²) in [5.74, 6) is 0.476. The van der Waals surface area contributed by atoms with E-state index < -0.39 is 0 Å². The lowest BCUT2D eigenvalue weighted by atomic mass is 10.1. The number of nitriles is 1. The van der Waals surface area contributed by atoms with Gasteiger partial charge in [0, 0.05) is 6.61 Å². The van der Waals surface area contributed by atoms with E-state index in [-0.39, 0.29) is 5.91 Å².